The first kappa shape index (κ1) is 8.80. The Kier molecular flexibility index (Phi) is 2.50. The third-order valence-electron chi connectivity index (χ3n) is 1.72. The van der Waals surface area contributed by atoms with Crippen molar-refractivity contribution >= 4 is 5.91 Å². The van der Waals surface area contributed by atoms with Gasteiger partial charge < -0.3 is 15.9 Å². The largest absolute Gasteiger partial charge is 0.469 e. The van der Waals surface area contributed by atoms with E-state index in [1.54, 1.807) is 19.3 Å². The summed E-state index contributed by atoms with van der Waals surface area (Å²) in [4.78, 5) is 10.5. The van der Waals surface area contributed by atoms with Gasteiger partial charge in [0.2, 0.25) is 5.91 Å². The van der Waals surface area contributed by atoms with Crippen LogP contribution in [0.5, 0.6) is 0 Å². The van der Waals surface area contributed by atoms with Crippen molar-refractivity contribution in [2.45, 2.75) is 19.4 Å². The summed E-state index contributed by atoms with van der Waals surface area (Å²) in [6.45, 7) is 1.80. The highest BCUT2D eigenvalue weighted by Gasteiger charge is 2.12. The minimum atomic E-state index is -0.400. The Morgan fingerprint density at radius 3 is 2.83 bits per heavy atom. The third-order valence-corrected chi connectivity index (χ3v) is 1.72. The molecule has 4 heteroatoms. The lowest BCUT2D eigenvalue weighted by atomic mass is 10.1. The molecule has 0 unspecified atom stereocenters. The number of carbonyl (C=O) groups excluding carboxylic acids is 1. The Morgan fingerprint density at radius 1 is 1.75 bits per heavy atom. The van der Waals surface area contributed by atoms with E-state index in [9.17, 15) is 4.79 Å². The van der Waals surface area contributed by atoms with Gasteiger partial charge in [0.25, 0.3) is 0 Å². The highest BCUT2D eigenvalue weighted by Crippen LogP contribution is 2.18. The maximum atomic E-state index is 10.5. The standard InChI is InChI=1S/C8H12N2O2/c1-5-6(2-3-12-5)7(9)4-8(10)11/h2-3,7H,4,9H2,1H3,(H2,10,11)/t7-/m1/s1. The van der Waals surface area contributed by atoms with Crippen molar-refractivity contribution in [3.8, 4) is 0 Å². The Bertz CT molecular complexity index is 280. The maximum Gasteiger partial charge on any atom is 0.219 e. The number of carbonyl (C=O) groups is 1. The van der Waals surface area contributed by atoms with Crippen molar-refractivity contribution in [3.05, 3.63) is 23.7 Å². The summed E-state index contributed by atoms with van der Waals surface area (Å²) in [6, 6.07) is 1.41. The van der Waals surface area contributed by atoms with E-state index in [0.29, 0.717) is 0 Å². The predicted octanol–water partition coefficient (Wildman–Crippen LogP) is 0.463. The molecule has 0 aliphatic rings. The van der Waals surface area contributed by atoms with Gasteiger partial charge in [-0.2, -0.15) is 0 Å². The van der Waals surface area contributed by atoms with E-state index < -0.39 is 5.91 Å². The van der Waals surface area contributed by atoms with Gasteiger partial charge in [-0.1, -0.05) is 0 Å². The molecule has 1 heterocycles. The molecule has 1 amide bonds. The van der Waals surface area contributed by atoms with Crippen LogP contribution in [0.15, 0.2) is 16.7 Å². The number of furan rings is 1. The normalized spacial score (nSPS) is 12.8. The monoisotopic (exact) mass is 168 g/mol. The van der Waals surface area contributed by atoms with Crippen LogP contribution in [0.1, 0.15) is 23.8 Å². The van der Waals surface area contributed by atoms with Crippen LogP contribution in [0.2, 0.25) is 0 Å². The van der Waals surface area contributed by atoms with Gasteiger partial charge in [0.1, 0.15) is 5.76 Å². The van der Waals surface area contributed by atoms with Crippen LogP contribution < -0.4 is 11.5 Å². The molecule has 0 bridgehead atoms. The van der Waals surface area contributed by atoms with E-state index in [1.165, 1.54) is 0 Å². The van der Waals surface area contributed by atoms with Gasteiger partial charge in [-0.25, -0.2) is 0 Å². The van der Waals surface area contributed by atoms with E-state index in [2.05, 4.69) is 0 Å². The van der Waals surface area contributed by atoms with Gasteiger partial charge in [-0.05, 0) is 13.0 Å². The summed E-state index contributed by atoms with van der Waals surface area (Å²) in [5.41, 5.74) is 11.5. The van der Waals surface area contributed by atoms with Gasteiger partial charge >= 0.3 is 0 Å². The van der Waals surface area contributed by atoms with Gasteiger partial charge in [-0.15, -0.1) is 0 Å². The van der Waals surface area contributed by atoms with E-state index in [4.69, 9.17) is 15.9 Å². The highest BCUT2D eigenvalue weighted by atomic mass is 16.3. The summed E-state index contributed by atoms with van der Waals surface area (Å²) >= 11 is 0. The lowest BCUT2D eigenvalue weighted by Gasteiger charge is -2.06. The second-order valence-corrected chi connectivity index (χ2v) is 2.71. The molecule has 12 heavy (non-hydrogen) atoms. The van der Waals surface area contributed by atoms with Crippen molar-refractivity contribution < 1.29 is 9.21 Å². The third kappa shape index (κ3) is 1.85. The van der Waals surface area contributed by atoms with Crippen LogP contribution in [0.25, 0.3) is 0 Å². The lowest BCUT2D eigenvalue weighted by molar-refractivity contribution is -0.118. The van der Waals surface area contributed by atoms with Crippen LogP contribution in [0, 0.1) is 6.92 Å². The zero-order valence-electron chi connectivity index (χ0n) is 6.91. The van der Waals surface area contributed by atoms with Crippen LogP contribution in [-0.4, -0.2) is 5.91 Å². The summed E-state index contributed by atoms with van der Waals surface area (Å²) in [5.74, 6) is 0.340. The Morgan fingerprint density at radius 2 is 2.42 bits per heavy atom. The smallest absolute Gasteiger partial charge is 0.219 e. The first-order valence-electron chi connectivity index (χ1n) is 3.69. The number of amides is 1. The molecule has 1 rings (SSSR count). The van der Waals surface area contributed by atoms with E-state index in [1.807, 2.05) is 0 Å². The Balaban J connectivity index is 2.71. The van der Waals surface area contributed by atoms with Crippen molar-refractivity contribution in [1.82, 2.24) is 0 Å². The average molecular weight is 168 g/mol. The molecule has 0 fully saturated rings. The van der Waals surface area contributed by atoms with Gasteiger partial charge in [0.05, 0.1) is 6.26 Å². The Labute approximate surface area is 70.5 Å². The molecule has 4 N–H and O–H groups in total. The van der Waals surface area contributed by atoms with Crippen molar-refractivity contribution in [2.75, 3.05) is 0 Å². The fourth-order valence-corrected chi connectivity index (χ4v) is 1.11. The predicted molar refractivity (Wildman–Crippen MR) is 44.2 cm³/mol. The van der Waals surface area contributed by atoms with Crippen LogP contribution in [0.3, 0.4) is 0 Å². The summed E-state index contributed by atoms with van der Waals surface area (Å²) in [6.07, 6.45) is 1.70. The lowest BCUT2D eigenvalue weighted by Crippen LogP contribution is -2.20. The van der Waals surface area contributed by atoms with Crippen molar-refractivity contribution in [2.24, 2.45) is 11.5 Å². The fourth-order valence-electron chi connectivity index (χ4n) is 1.11. The average Bonchev–Trinajstić information content (AvgIpc) is 2.33. The summed E-state index contributed by atoms with van der Waals surface area (Å²) in [5, 5.41) is 0. The van der Waals surface area contributed by atoms with Crippen LogP contribution in [0.4, 0.5) is 0 Å². The minimum Gasteiger partial charge on any atom is -0.469 e. The van der Waals surface area contributed by atoms with Gasteiger partial charge in [0.15, 0.2) is 0 Å². The highest BCUT2D eigenvalue weighted by molar-refractivity contribution is 5.74. The van der Waals surface area contributed by atoms with Gasteiger partial charge in [-0.3, -0.25) is 4.79 Å². The molecule has 0 saturated carbocycles. The number of hydrogen-bond donors (Lipinski definition) is 2. The molecule has 1 aromatic rings. The molecular formula is C8H12N2O2. The zero-order valence-corrected chi connectivity index (χ0v) is 6.91. The summed E-state index contributed by atoms with van der Waals surface area (Å²) < 4.78 is 5.04. The molecule has 1 aromatic heterocycles. The van der Waals surface area contributed by atoms with Gasteiger partial charge in [0, 0.05) is 18.0 Å². The fraction of sp³-hybridized carbons (Fsp3) is 0.375. The number of rotatable bonds is 3. The Hall–Kier alpha value is -1.29. The topological polar surface area (TPSA) is 82.2 Å². The molecular weight excluding hydrogens is 156 g/mol. The van der Waals surface area contributed by atoms with Crippen molar-refractivity contribution in [1.29, 1.82) is 0 Å². The molecule has 0 aliphatic heterocycles. The quantitative estimate of drug-likeness (QED) is 0.688. The van der Waals surface area contributed by atoms with Crippen LogP contribution in [-0.2, 0) is 4.79 Å². The maximum absolute atomic E-state index is 10.5. The first-order valence-corrected chi connectivity index (χ1v) is 3.69. The molecule has 1 atom stereocenters. The summed E-state index contributed by atoms with van der Waals surface area (Å²) in [7, 11) is 0. The molecule has 0 spiro atoms. The molecule has 0 saturated heterocycles. The van der Waals surface area contributed by atoms with Crippen LogP contribution >= 0.6 is 0 Å². The zero-order chi connectivity index (χ0) is 9.14. The molecule has 0 radical (unpaired) electrons. The second kappa shape index (κ2) is 3.40. The number of primary amides is 1. The second-order valence-electron chi connectivity index (χ2n) is 2.71. The van der Waals surface area contributed by atoms with E-state index in [-0.39, 0.29) is 12.5 Å². The molecule has 66 valence electrons. The molecule has 4 nitrogen and oxygen atoms in total. The number of hydrogen-bond acceptors (Lipinski definition) is 3. The number of nitrogens with two attached hydrogens (primary N) is 2. The van der Waals surface area contributed by atoms with E-state index >= 15 is 0 Å². The SMILES string of the molecule is Cc1occc1[C@H](N)CC(N)=O. The van der Waals surface area contributed by atoms with E-state index in [0.717, 1.165) is 11.3 Å². The molecule has 0 aliphatic carbocycles. The van der Waals surface area contributed by atoms with Crippen molar-refractivity contribution in [3.63, 3.8) is 0 Å². The minimum absolute atomic E-state index is 0.153. The first-order chi connectivity index (χ1) is 5.61. The molecule has 0 aromatic carbocycles. The number of aryl methyl sites for hydroxylation is 1.